The monoisotopic (exact) mass is 508 g/mol. The zero-order valence-corrected chi connectivity index (χ0v) is 20.7. The predicted molar refractivity (Wildman–Crippen MR) is 120 cm³/mol. The Hall–Kier alpha value is -1.97. The van der Waals surface area contributed by atoms with Gasteiger partial charge in [-0.05, 0) is 36.3 Å². The van der Waals surface area contributed by atoms with Crippen molar-refractivity contribution in [1.29, 1.82) is 0 Å². The minimum absolute atomic E-state index is 0.00707. The van der Waals surface area contributed by atoms with Gasteiger partial charge in [-0.2, -0.15) is 26.3 Å². The lowest BCUT2D eigenvalue weighted by atomic mass is 9.60. The molecule has 1 aliphatic heterocycles. The van der Waals surface area contributed by atoms with Crippen LogP contribution in [0.4, 0.5) is 31.1 Å². The standard InChI is InChI=1S/C25H34F6N2O2/c1-17-7-8-18(19(15-17)23(22(2,3)4)9-5-6-10-23)16-32-11-13-33(14-12-32)21(34)35-20(24(26,27)28)25(29,30)31/h7-8,15,20H,5-6,9-14,16H2,1-4H3. The smallest absolute Gasteiger partial charge is 0.426 e. The second kappa shape index (κ2) is 9.82. The van der Waals surface area contributed by atoms with Gasteiger partial charge in [-0.25, -0.2) is 4.79 Å². The zero-order valence-electron chi connectivity index (χ0n) is 20.7. The number of carbonyl (C=O) groups is 1. The fourth-order valence-corrected chi connectivity index (χ4v) is 5.50. The van der Waals surface area contributed by atoms with Gasteiger partial charge in [0.05, 0.1) is 0 Å². The molecule has 0 N–H and O–H groups in total. The van der Waals surface area contributed by atoms with Crippen molar-refractivity contribution in [3.05, 3.63) is 34.9 Å². The lowest BCUT2D eigenvalue weighted by Crippen LogP contribution is -2.52. The summed E-state index contributed by atoms with van der Waals surface area (Å²) in [6.45, 7) is 10.1. The summed E-state index contributed by atoms with van der Waals surface area (Å²) >= 11 is 0. The molecule has 1 amide bonds. The van der Waals surface area contributed by atoms with E-state index in [0.29, 0.717) is 19.6 Å². The second-order valence-corrected chi connectivity index (χ2v) is 10.8. The molecular weight excluding hydrogens is 474 g/mol. The first-order valence-electron chi connectivity index (χ1n) is 12.0. The highest BCUT2D eigenvalue weighted by Gasteiger charge is 2.60. The fourth-order valence-electron chi connectivity index (χ4n) is 5.50. The highest BCUT2D eigenvalue weighted by atomic mass is 19.4. The molecule has 0 unspecified atom stereocenters. The van der Waals surface area contributed by atoms with E-state index < -0.39 is 24.5 Å². The second-order valence-electron chi connectivity index (χ2n) is 10.8. The molecule has 1 saturated heterocycles. The van der Waals surface area contributed by atoms with Crippen LogP contribution in [0, 0.1) is 12.3 Å². The highest BCUT2D eigenvalue weighted by Crippen LogP contribution is 2.54. The largest absolute Gasteiger partial charge is 0.434 e. The van der Waals surface area contributed by atoms with E-state index >= 15 is 0 Å². The Kier molecular flexibility index (Phi) is 7.75. The number of piperazine rings is 1. The minimum Gasteiger partial charge on any atom is -0.426 e. The number of carbonyl (C=O) groups excluding carboxylic acids is 1. The maximum absolute atomic E-state index is 12.7. The van der Waals surface area contributed by atoms with Crippen LogP contribution in [0.15, 0.2) is 18.2 Å². The third kappa shape index (κ3) is 6.06. The molecule has 198 valence electrons. The maximum Gasteiger partial charge on any atom is 0.434 e. The van der Waals surface area contributed by atoms with Gasteiger partial charge in [-0.1, -0.05) is 57.4 Å². The van der Waals surface area contributed by atoms with Crippen LogP contribution < -0.4 is 0 Å². The molecule has 0 spiro atoms. The van der Waals surface area contributed by atoms with Crippen molar-refractivity contribution >= 4 is 6.09 Å². The van der Waals surface area contributed by atoms with Crippen molar-refractivity contribution in [2.45, 2.75) is 83.8 Å². The number of hydrogen-bond acceptors (Lipinski definition) is 3. The molecule has 1 saturated carbocycles. The Balaban J connectivity index is 1.70. The SMILES string of the molecule is Cc1ccc(CN2CCN(C(=O)OC(C(F)(F)F)C(F)(F)F)CC2)c(C2(C(C)(C)C)CCCC2)c1. The molecule has 10 heteroatoms. The van der Waals surface area contributed by atoms with Gasteiger partial charge in [0, 0.05) is 38.1 Å². The number of ether oxygens (including phenoxy) is 1. The molecule has 1 aromatic rings. The van der Waals surface area contributed by atoms with Gasteiger partial charge in [-0.15, -0.1) is 0 Å². The summed E-state index contributed by atoms with van der Waals surface area (Å²) in [7, 11) is 0. The van der Waals surface area contributed by atoms with Gasteiger partial charge in [0.15, 0.2) is 0 Å². The number of hydrogen-bond donors (Lipinski definition) is 0. The van der Waals surface area contributed by atoms with Crippen molar-refractivity contribution < 1.29 is 35.9 Å². The van der Waals surface area contributed by atoms with E-state index in [1.54, 1.807) is 0 Å². The van der Waals surface area contributed by atoms with Crippen LogP contribution in [0.2, 0.25) is 0 Å². The molecule has 2 fully saturated rings. The molecule has 0 aromatic heterocycles. The number of aryl methyl sites for hydroxylation is 1. The van der Waals surface area contributed by atoms with Crippen LogP contribution in [0.1, 0.15) is 63.1 Å². The number of nitrogens with zero attached hydrogens (tertiary/aromatic N) is 2. The fraction of sp³-hybridized carbons (Fsp3) is 0.720. The average Bonchev–Trinajstić information content (AvgIpc) is 3.23. The van der Waals surface area contributed by atoms with Crippen molar-refractivity contribution in [3.63, 3.8) is 0 Å². The topological polar surface area (TPSA) is 32.8 Å². The molecule has 1 aromatic carbocycles. The van der Waals surface area contributed by atoms with Crippen molar-refractivity contribution in [3.8, 4) is 0 Å². The number of benzene rings is 1. The lowest BCUT2D eigenvalue weighted by Gasteiger charge is -2.45. The van der Waals surface area contributed by atoms with E-state index in [4.69, 9.17) is 0 Å². The molecule has 1 aliphatic carbocycles. The zero-order chi connectivity index (χ0) is 26.2. The van der Waals surface area contributed by atoms with Gasteiger partial charge in [-0.3, -0.25) is 4.90 Å². The van der Waals surface area contributed by atoms with Crippen LogP contribution in [-0.4, -0.2) is 60.5 Å². The van der Waals surface area contributed by atoms with Crippen LogP contribution in [0.3, 0.4) is 0 Å². The molecule has 2 aliphatic rings. The molecule has 1 heterocycles. The Bertz CT molecular complexity index is 879. The first-order chi connectivity index (χ1) is 16.0. The van der Waals surface area contributed by atoms with Crippen molar-refractivity contribution in [2.75, 3.05) is 26.2 Å². The Morgan fingerprint density at radius 2 is 1.51 bits per heavy atom. The molecule has 0 bridgehead atoms. The molecule has 0 radical (unpaired) electrons. The number of halogens is 6. The Labute approximate surface area is 202 Å². The summed E-state index contributed by atoms with van der Waals surface area (Å²) < 4.78 is 80.2. The van der Waals surface area contributed by atoms with Gasteiger partial charge in [0.25, 0.3) is 6.10 Å². The highest BCUT2D eigenvalue weighted by molar-refractivity contribution is 5.68. The van der Waals surface area contributed by atoms with Gasteiger partial charge < -0.3 is 9.64 Å². The van der Waals surface area contributed by atoms with Crippen molar-refractivity contribution in [1.82, 2.24) is 9.80 Å². The van der Waals surface area contributed by atoms with E-state index in [-0.39, 0.29) is 23.9 Å². The Morgan fingerprint density at radius 3 is 2.00 bits per heavy atom. The van der Waals surface area contributed by atoms with E-state index in [9.17, 15) is 31.1 Å². The minimum atomic E-state index is -5.72. The van der Waals surface area contributed by atoms with Gasteiger partial charge in [0.2, 0.25) is 0 Å². The van der Waals surface area contributed by atoms with E-state index in [0.717, 1.165) is 17.7 Å². The number of amides is 1. The van der Waals surface area contributed by atoms with Gasteiger partial charge in [0.1, 0.15) is 0 Å². The van der Waals surface area contributed by atoms with E-state index in [1.807, 2.05) is 0 Å². The summed E-state index contributed by atoms with van der Waals surface area (Å²) in [5.74, 6) is 0. The molecule has 0 atom stereocenters. The summed E-state index contributed by atoms with van der Waals surface area (Å²) in [6, 6.07) is 6.44. The quantitative estimate of drug-likeness (QED) is 0.430. The summed E-state index contributed by atoms with van der Waals surface area (Å²) in [5, 5.41) is 0. The van der Waals surface area contributed by atoms with E-state index in [2.05, 4.69) is 55.5 Å². The molecule has 4 nitrogen and oxygen atoms in total. The lowest BCUT2D eigenvalue weighted by molar-refractivity contribution is -0.308. The third-order valence-electron chi connectivity index (χ3n) is 7.51. The first kappa shape index (κ1) is 27.6. The number of rotatable bonds is 4. The predicted octanol–water partition coefficient (Wildman–Crippen LogP) is 6.60. The first-order valence-corrected chi connectivity index (χ1v) is 12.0. The summed E-state index contributed by atoms with van der Waals surface area (Å²) in [6.07, 6.45) is -12.6. The third-order valence-corrected chi connectivity index (χ3v) is 7.51. The average molecular weight is 509 g/mol. The summed E-state index contributed by atoms with van der Waals surface area (Å²) in [4.78, 5) is 15.1. The van der Waals surface area contributed by atoms with Crippen LogP contribution in [-0.2, 0) is 16.7 Å². The molecule has 35 heavy (non-hydrogen) atoms. The Morgan fingerprint density at radius 1 is 0.971 bits per heavy atom. The normalized spacial score (nSPS) is 19.9. The van der Waals surface area contributed by atoms with Gasteiger partial charge >= 0.3 is 18.4 Å². The molecule has 3 rings (SSSR count). The molecular formula is C25H34F6N2O2. The maximum atomic E-state index is 12.7. The number of alkyl halides is 6. The summed E-state index contributed by atoms with van der Waals surface area (Å²) in [5.41, 5.74) is 3.78. The van der Waals surface area contributed by atoms with Crippen LogP contribution >= 0.6 is 0 Å². The van der Waals surface area contributed by atoms with E-state index in [1.165, 1.54) is 29.5 Å². The van der Waals surface area contributed by atoms with Crippen LogP contribution in [0.25, 0.3) is 0 Å². The van der Waals surface area contributed by atoms with Crippen LogP contribution in [0.5, 0.6) is 0 Å². The van der Waals surface area contributed by atoms with Crippen molar-refractivity contribution in [2.24, 2.45) is 5.41 Å².